The molecule has 220 valence electrons. The Balaban J connectivity index is 1.30. The highest BCUT2D eigenvalue weighted by Gasteiger charge is 2.43. The van der Waals surface area contributed by atoms with Gasteiger partial charge in [-0.2, -0.15) is 5.10 Å². The molecule has 6 rings (SSSR count). The number of rotatable bonds is 6. The number of ether oxygens (including phenoxy) is 1. The van der Waals surface area contributed by atoms with Crippen molar-refractivity contribution in [3.8, 4) is 0 Å². The molecule has 2 saturated heterocycles. The zero-order valence-corrected chi connectivity index (χ0v) is 24.3. The van der Waals surface area contributed by atoms with Crippen molar-refractivity contribution in [2.45, 2.75) is 57.3 Å². The maximum Gasteiger partial charge on any atom is 0.241 e. The molecule has 0 saturated carbocycles. The number of aliphatic hydroxyl groups excluding tert-OH is 1. The van der Waals surface area contributed by atoms with E-state index >= 15 is 0 Å². The first-order chi connectivity index (χ1) is 19.6. The molecule has 0 aliphatic carbocycles. The van der Waals surface area contributed by atoms with Gasteiger partial charge in [0.25, 0.3) is 0 Å². The minimum absolute atomic E-state index is 0.0210. The molecule has 0 radical (unpaired) electrons. The third kappa shape index (κ3) is 5.37. The number of anilines is 1. The summed E-state index contributed by atoms with van der Waals surface area (Å²) < 4.78 is 21.0. The van der Waals surface area contributed by atoms with Crippen LogP contribution in [0, 0.1) is 5.82 Å². The molecule has 1 aromatic carbocycles. The van der Waals surface area contributed by atoms with Crippen molar-refractivity contribution >= 4 is 17.2 Å². The molecule has 4 atom stereocenters. The SMILES string of the molecule is C[C@@H]1CN(CC(=O)N2CC(C)(C)c3c2cc([C@@H](O)c2ccc(F)cc2)c2ncnn32)[C@@H](CN2CCOC[C@H]2C)CN1. The van der Waals surface area contributed by atoms with E-state index < -0.39 is 6.10 Å². The monoisotopic (exact) mass is 565 g/mol. The normalized spacial score (nSPS) is 25.9. The van der Waals surface area contributed by atoms with E-state index in [1.165, 1.54) is 18.5 Å². The first-order valence-corrected chi connectivity index (χ1v) is 14.5. The molecule has 11 heteroatoms. The summed E-state index contributed by atoms with van der Waals surface area (Å²) in [7, 11) is 0. The average molecular weight is 566 g/mol. The van der Waals surface area contributed by atoms with Crippen LogP contribution in [-0.2, 0) is 14.9 Å². The van der Waals surface area contributed by atoms with Crippen molar-refractivity contribution in [3.63, 3.8) is 0 Å². The summed E-state index contributed by atoms with van der Waals surface area (Å²) in [4.78, 5) is 25.2. The van der Waals surface area contributed by atoms with Crippen LogP contribution in [0.4, 0.5) is 10.1 Å². The van der Waals surface area contributed by atoms with E-state index in [1.807, 2.05) is 11.0 Å². The largest absolute Gasteiger partial charge is 0.384 e. The van der Waals surface area contributed by atoms with Crippen LogP contribution in [0.2, 0.25) is 0 Å². The molecule has 3 aliphatic heterocycles. The van der Waals surface area contributed by atoms with Crippen LogP contribution in [0.25, 0.3) is 5.65 Å². The van der Waals surface area contributed by atoms with Crippen LogP contribution in [0.5, 0.6) is 0 Å². The number of nitrogens with one attached hydrogen (secondary N) is 1. The van der Waals surface area contributed by atoms with Crippen LogP contribution < -0.4 is 10.2 Å². The molecule has 0 bridgehead atoms. The number of morpholine rings is 1. The van der Waals surface area contributed by atoms with Gasteiger partial charge in [-0.25, -0.2) is 13.9 Å². The summed E-state index contributed by atoms with van der Waals surface area (Å²) in [5, 5.41) is 19.5. The van der Waals surface area contributed by atoms with E-state index in [0.29, 0.717) is 35.9 Å². The minimum Gasteiger partial charge on any atom is -0.384 e. The van der Waals surface area contributed by atoms with Gasteiger partial charge in [-0.05, 0) is 37.6 Å². The predicted octanol–water partition coefficient (Wildman–Crippen LogP) is 1.96. The topological polar surface area (TPSA) is 98.5 Å². The number of halogens is 1. The highest BCUT2D eigenvalue weighted by molar-refractivity contribution is 5.97. The number of benzene rings is 1. The van der Waals surface area contributed by atoms with Crippen molar-refractivity contribution in [1.29, 1.82) is 0 Å². The van der Waals surface area contributed by atoms with Crippen molar-refractivity contribution in [3.05, 3.63) is 59.3 Å². The number of aromatic nitrogens is 3. The van der Waals surface area contributed by atoms with Gasteiger partial charge in [0.1, 0.15) is 18.2 Å². The van der Waals surface area contributed by atoms with Gasteiger partial charge < -0.3 is 20.1 Å². The van der Waals surface area contributed by atoms with Gasteiger partial charge in [0.2, 0.25) is 5.91 Å². The predicted molar refractivity (Wildman–Crippen MR) is 154 cm³/mol. The number of piperazine rings is 1. The molecule has 0 unspecified atom stereocenters. The second kappa shape index (κ2) is 11.0. The summed E-state index contributed by atoms with van der Waals surface area (Å²) in [6.07, 6.45) is 0.415. The number of fused-ring (bicyclic) bond motifs is 3. The van der Waals surface area contributed by atoms with Gasteiger partial charge in [0.05, 0.1) is 31.1 Å². The summed E-state index contributed by atoms with van der Waals surface area (Å²) >= 11 is 0. The third-order valence-corrected chi connectivity index (χ3v) is 8.83. The standard InChI is InChI=1S/C30H40FN7O3/c1-19-13-36(23(12-32-19)14-35-9-10-41-16-20(35)2)15-26(39)37-17-30(3,4)28-25(37)11-24(29-33-18-34-38(28)29)27(40)21-5-7-22(31)8-6-21/h5-8,11,18-20,23,27,32,40H,9-10,12-17H2,1-4H3/t19-,20-,23-,27+/m1/s1. The summed E-state index contributed by atoms with van der Waals surface area (Å²) in [5.74, 6) is -0.350. The maximum atomic E-state index is 14.1. The Kier molecular flexibility index (Phi) is 7.58. The fourth-order valence-corrected chi connectivity index (χ4v) is 6.60. The van der Waals surface area contributed by atoms with Gasteiger partial charge >= 0.3 is 0 Å². The summed E-state index contributed by atoms with van der Waals surface area (Å²) in [6, 6.07) is 8.50. The lowest BCUT2D eigenvalue weighted by molar-refractivity contribution is -0.121. The maximum absolute atomic E-state index is 14.1. The Morgan fingerprint density at radius 1 is 1.24 bits per heavy atom. The lowest BCUT2D eigenvalue weighted by atomic mass is 9.90. The number of hydrogen-bond acceptors (Lipinski definition) is 8. The van der Waals surface area contributed by atoms with Gasteiger partial charge in [0, 0.05) is 61.8 Å². The average Bonchev–Trinajstić information content (AvgIpc) is 3.53. The van der Waals surface area contributed by atoms with Gasteiger partial charge in [0.15, 0.2) is 5.65 Å². The van der Waals surface area contributed by atoms with Crippen LogP contribution in [-0.4, -0.2) is 106 Å². The smallest absolute Gasteiger partial charge is 0.241 e. The van der Waals surface area contributed by atoms with Crippen molar-refractivity contribution in [1.82, 2.24) is 29.7 Å². The van der Waals surface area contributed by atoms with Crippen molar-refractivity contribution < 1.29 is 19.0 Å². The second-order valence-corrected chi connectivity index (χ2v) is 12.5. The zero-order valence-electron chi connectivity index (χ0n) is 24.3. The molecule has 2 aromatic heterocycles. The number of pyridine rings is 1. The molecular formula is C30H40FN7O3. The van der Waals surface area contributed by atoms with Gasteiger partial charge in [-0.1, -0.05) is 26.0 Å². The Bertz CT molecular complexity index is 1410. The van der Waals surface area contributed by atoms with Crippen LogP contribution in [0.3, 0.4) is 0 Å². The Morgan fingerprint density at radius 3 is 2.78 bits per heavy atom. The fourth-order valence-electron chi connectivity index (χ4n) is 6.60. The molecule has 41 heavy (non-hydrogen) atoms. The van der Waals surface area contributed by atoms with Crippen molar-refractivity contribution in [2.75, 3.05) is 57.4 Å². The molecule has 2 N–H and O–H groups in total. The molecule has 3 aliphatic rings. The van der Waals surface area contributed by atoms with Gasteiger partial charge in [-0.3, -0.25) is 14.6 Å². The van der Waals surface area contributed by atoms with E-state index in [2.05, 4.69) is 52.9 Å². The quantitative estimate of drug-likeness (QED) is 0.468. The number of nitrogens with zero attached hydrogens (tertiary/aromatic N) is 6. The number of amides is 1. The van der Waals surface area contributed by atoms with E-state index in [-0.39, 0.29) is 29.2 Å². The third-order valence-electron chi connectivity index (χ3n) is 8.83. The Hall–Kier alpha value is -2.96. The van der Waals surface area contributed by atoms with E-state index in [9.17, 15) is 14.3 Å². The molecular weight excluding hydrogens is 525 g/mol. The molecule has 5 heterocycles. The van der Waals surface area contributed by atoms with Crippen molar-refractivity contribution in [2.24, 2.45) is 0 Å². The summed E-state index contributed by atoms with van der Waals surface area (Å²) in [6.45, 7) is 14.2. The number of carbonyl (C=O) groups excluding carboxylic acids is 1. The second-order valence-electron chi connectivity index (χ2n) is 12.5. The first kappa shape index (κ1) is 28.2. The van der Waals surface area contributed by atoms with E-state index in [4.69, 9.17) is 4.74 Å². The lowest BCUT2D eigenvalue weighted by Crippen LogP contribution is -2.62. The molecule has 10 nitrogen and oxygen atoms in total. The van der Waals surface area contributed by atoms with Crippen LogP contribution in [0.15, 0.2) is 36.7 Å². The zero-order chi connectivity index (χ0) is 28.9. The Labute approximate surface area is 240 Å². The fraction of sp³-hybridized carbons (Fsp3) is 0.567. The van der Waals surface area contributed by atoms with E-state index in [1.54, 1.807) is 16.6 Å². The van der Waals surface area contributed by atoms with Gasteiger partial charge in [-0.15, -0.1) is 0 Å². The molecule has 1 amide bonds. The van der Waals surface area contributed by atoms with E-state index in [0.717, 1.165) is 50.8 Å². The Morgan fingerprint density at radius 2 is 2.02 bits per heavy atom. The number of aliphatic hydroxyl groups is 1. The molecule has 3 aromatic rings. The molecule has 0 spiro atoms. The first-order valence-electron chi connectivity index (χ1n) is 14.5. The number of hydrogen-bond donors (Lipinski definition) is 2. The van der Waals surface area contributed by atoms with Crippen LogP contribution in [0.1, 0.15) is 50.6 Å². The van der Waals surface area contributed by atoms with Crippen LogP contribution >= 0.6 is 0 Å². The number of carbonyl (C=O) groups is 1. The highest BCUT2D eigenvalue weighted by Crippen LogP contribution is 2.43. The lowest BCUT2D eigenvalue weighted by Gasteiger charge is -2.43. The minimum atomic E-state index is -1.05. The molecule has 2 fully saturated rings. The summed E-state index contributed by atoms with van der Waals surface area (Å²) in [5.41, 5.74) is 2.84. The highest BCUT2D eigenvalue weighted by atomic mass is 19.1.